The molecule has 3 aliphatic rings. The zero-order valence-electron chi connectivity index (χ0n) is 21.5. The lowest BCUT2D eigenvalue weighted by Crippen LogP contribution is -2.58. The van der Waals surface area contributed by atoms with Crippen LogP contribution in [-0.2, 0) is 19.1 Å². The van der Waals surface area contributed by atoms with Gasteiger partial charge in [0.1, 0.15) is 6.04 Å². The van der Waals surface area contributed by atoms with Gasteiger partial charge in [0, 0.05) is 17.8 Å². The minimum absolute atomic E-state index is 0.00123. The van der Waals surface area contributed by atoms with Crippen LogP contribution in [0.2, 0.25) is 0 Å². The lowest BCUT2D eigenvalue weighted by Gasteiger charge is -2.41. The number of aliphatic hydroxyl groups is 1. The van der Waals surface area contributed by atoms with E-state index in [1.807, 2.05) is 18.7 Å². The van der Waals surface area contributed by atoms with Gasteiger partial charge in [0.05, 0.1) is 35.8 Å². The Labute approximate surface area is 214 Å². The average Bonchev–Trinajstić information content (AvgIpc) is 3.48. The second-order valence-electron chi connectivity index (χ2n) is 10.1. The lowest BCUT2D eigenvalue weighted by atomic mass is 9.71. The summed E-state index contributed by atoms with van der Waals surface area (Å²) in [6.07, 6.45) is 8.79. The van der Waals surface area contributed by atoms with Crippen molar-refractivity contribution in [3.05, 3.63) is 25.3 Å². The maximum absolute atomic E-state index is 14.3. The Morgan fingerprint density at radius 1 is 1.34 bits per heavy atom. The second-order valence-corrected chi connectivity index (χ2v) is 11.7. The number of unbranched alkanes of at least 4 members (excludes halogenated alkanes) is 1. The second kappa shape index (κ2) is 12.0. The summed E-state index contributed by atoms with van der Waals surface area (Å²) in [4.78, 5) is 44.9. The van der Waals surface area contributed by atoms with Crippen LogP contribution in [0.4, 0.5) is 0 Å². The fourth-order valence-electron chi connectivity index (χ4n) is 6.30. The molecule has 35 heavy (non-hydrogen) atoms. The molecule has 196 valence electrons. The Bertz CT molecular complexity index is 815. The number of nitrogens with zero attached hydrogens (tertiary/aromatic N) is 2. The van der Waals surface area contributed by atoms with Crippen molar-refractivity contribution in [2.45, 2.75) is 93.8 Å². The molecule has 8 heteroatoms. The van der Waals surface area contributed by atoms with E-state index in [0.717, 1.165) is 25.7 Å². The first-order chi connectivity index (χ1) is 16.8. The van der Waals surface area contributed by atoms with Crippen LogP contribution in [0.5, 0.6) is 0 Å². The Morgan fingerprint density at radius 2 is 2.09 bits per heavy atom. The van der Waals surface area contributed by atoms with E-state index in [1.54, 1.807) is 28.8 Å². The summed E-state index contributed by atoms with van der Waals surface area (Å²) in [5.41, 5.74) is 0. The van der Waals surface area contributed by atoms with E-state index in [9.17, 15) is 19.5 Å². The molecule has 0 aromatic heterocycles. The Kier molecular flexibility index (Phi) is 9.49. The highest BCUT2D eigenvalue weighted by Gasteiger charge is 2.74. The summed E-state index contributed by atoms with van der Waals surface area (Å²) < 4.78 is 4.94. The third kappa shape index (κ3) is 4.93. The van der Waals surface area contributed by atoms with Crippen molar-refractivity contribution in [2.75, 3.05) is 19.8 Å². The number of aliphatic hydroxyl groups excluding tert-OH is 1. The van der Waals surface area contributed by atoms with E-state index in [0.29, 0.717) is 32.4 Å². The van der Waals surface area contributed by atoms with E-state index in [2.05, 4.69) is 20.1 Å². The third-order valence-electron chi connectivity index (χ3n) is 7.96. The lowest BCUT2D eigenvalue weighted by molar-refractivity contribution is -0.154. The first-order valence-electron chi connectivity index (χ1n) is 13.1. The smallest absolute Gasteiger partial charge is 0.310 e. The number of rotatable bonds is 14. The van der Waals surface area contributed by atoms with Crippen LogP contribution in [0.25, 0.3) is 0 Å². The number of carbonyl (C=O) groups is 3. The standard InChI is InChI=1S/C27H42N2O5S/c1-6-10-11-16-34-26(33)21-20-13-14-27(35-20)22(21)24(31)29(19(9-4)17-30)23(27)25(32)28(15-8-3)18(5)12-7-2/h6,8,18-23,30H,1,3,7,9-17H2,2,4-5H3/t18?,19-,20-,21+,22-,23?,27?/m0/s1. The van der Waals surface area contributed by atoms with Crippen LogP contribution in [0.15, 0.2) is 25.3 Å². The van der Waals surface area contributed by atoms with E-state index < -0.39 is 28.7 Å². The van der Waals surface area contributed by atoms with E-state index in [-0.39, 0.29) is 35.7 Å². The molecule has 7 nitrogen and oxygen atoms in total. The number of carbonyl (C=O) groups excluding carboxylic acids is 3. The molecule has 0 aromatic rings. The van der Waals surface area contributed by atoms with Gasteiger partial charge in [-0.25, -0.2) is 0 Å². The maximum atomic E-state index is 14.3. The van der Waals surface area contributed by atoms with Gasteiger partial charge in [-0.1, -0.05) is 32.4 Å². The van der Waals surface area contributed by atoms with Crippen LogP contribution in [0.1, 0.15) is 65.7 Å². The van der Waals surface area contributed by atoms with Crippen molar-refractivity contribution in [3.63, 3.8) is 0 Å². The SMILES string of the molecule is C=CCCCOC(=O)[C@@H]1[C@@H]2CCC3(S2)C(C(=O)N(CC=C)C(C)CCC)N([C@@H](CC)CO)C(=O)[C@H]13. The molecule has 0 radical (unpaired) electrons. The van der Waals surface area contributed by atoms with Crippen molar-refractivity contribution < 1.29 is 24.2 Å². The molecular weight excluding hydrogens is 464 g/mol. The zero-order chi connectivity index (χ0) is 25.8. The van der Waals surface area contributed by atoms with Crippen LogP contribution in [0, 0.1) is 11.8 Å². The fourth-order valence-corrected chi connectivity index (χ4v) is 8.49. The first kappa shape index (κ1) is 27.8. The van der Waals surface area contributed by atoms with Gasteiger partial charge in [-0.05, 0) is 45.4 Å². The number of amides is 2. The number of fused-ring (bicyclic) bond motifs is 1. The van der Waals surface area contributed by atoms with Crippen molar-refractivity contribution in [1.29, 1.82) is 0 Å². The summed E-state index contributed by atoms with van der Waals surface area (Å²) in [5, 5.41) is 10.1. The summed E-state index contributed by atoms with van der Waals surface area (Å²) >= 11 is 1.64. The van der Waals surface area contributed by atoms with E-state index >= 15 is 0 Å². The zero-order valence-corrected chi connectivity index (χ0v) is 22.3. The molecule has 3 saturated heterocycles. The number of thioether (sulfide) groups is 1. The Hall–Kier alpha value is -1.80. The van der Waals surface area contributed by atoms with Gasteiger partial charge in [-0.15, -0.1) is 24.9 Å². The van der Waals surface area contributed by atoms with Gasteiger partial charge in [-0.2, -0.15) is 0 Å². The molecule has 1 spiro atoms. The molecule has 0 aliphatic carbocycles. The number of allylic oxidation sites excluding steroid dienone is 1. The number of likely N-dealkylation sites (tertiary alicyclic amines) is 1. The fraction of sp³-hybridized carbons (Fsp3) is 0.741. The predicted octanol–water partition coefficient (Wildman–Crippen LogP) is 3.56. The molecule has 0 saturated carbocycles. The van der Waals surface area contributed by atoms with Gasteiger partial charge in [0.25, 0.3) is 0 Å². The van der Waals surface area contributed by atoms with E-state index in [4.69, 9.17) is 4.74 Å². The quantitative estimate of drug-likeness (QED) is 0.220. The van der Waals surface area contributed by atoms with Crippen LogP contribution >= 0.6 is 11.8 Å². The minimum Gasteiger partial charge on any atom is -0.465 e. The molecule has 3 heterocycles. The van der Waals surface area contributed by atoms with Crippen molar-refractivity contribution >= 4 is 29.5 Å². The largest absolute Gasteiger partial charge is 0.465 e. The summed E-state index contributed by atoms with van der Waals surface area (Å²) in [6, 6.07) is -1.17. The summed E-state index contributed by atoms with van der Waals surface area (Å²) in [7, 11) is 0. The molecule has 7 atom stereocenters. The molecule has 2 amide bonds. The molecule has 2 bridgehead atoms. The Balaban J connectivity index is 1.99. The highest BCUT2D eigenvalue weighted by Crippen LogP contribution is 2.67. The highest BCUT2D eigenvalue weighted by atomic mass is 32.2. The average molecular weight is 507 g/mol. The molecule has 3 aliphatic heterocycles. The minimum atomic E-state index is -0.704. The van der Waals surface area contributed by atoms with Gasteiger partial charge in [0.2, 0.25) is 11.8 Å². The van der Waals surface area contributed by atoms with Crippen molar-refractivity contribution in [3.8, 4) is 0 Å². The molecule has 3 unspecified atom stereocenters. The molecule has 3 rings (SSSR count). The highest BCUT2D eigenvalue weighted by molar-refractivity contribution is 8.02. The number of esters is 1. The van der Waals surface area contributed by atoms with Gasteiger partial charge in [0.15, 0.2) is 0 Å². The molecule has 3 fully saturated rings. The summed E-state index contributed by atoms with van der Waals surface area (Å²) in [6.45, 7) is 14.1. The number of hydrogen-bond acceptors (Lipinski definition) is 6. The monoisotopic (exact) mass is 506 g/mol. The van der Waals surface area contributed by atoms with Crippen LogP contribution in [0.3, 0.4) is 0 Å². The third-order valence-corrected chi connectivity index (χ3v) is 9.92. The first-order valence-corrected chi connectivity index (χ1v) is 14.0. The van der Waals surface area contributed by atoms with Crippen LogP contribution < -0.4 is 0 Å². The van der Waals surface area contributed by atoms with Gasteiger partial charge in [-0.3, -0.25) is 14.4 Å². The van der Waals surface area contributed by atoms with Crippen LogP contribution in [-0.4, -0.2) is 80.6 Å². The van der Waals surface area contributed by atoms with Gasteiger partial charge >= 0.3 is 5.97 Å². The maximum Gasteiger partial charge on any atom is 0.310 e. The van der Waals surface area contributed by atoms with Gasteiger partial charge < -0.3 is 19.6 Å². The number of hydrogen-bond donors (Lipinski definition) is 1. The topological polar surface area (TPSA) is 87.2 Å². The van der Waals surface area contributed by atoms with E-state index in [1.165, 1.54) is 0 Å². The molecule has 1 N–H and O–H groups in total. The normalized spacial score (nSPS) is 30.6. The van der Waals surface area contributed by atoms with Crippen molar-refractivity contribution in [2.24, 2.45) is 11.8 Å². The summed E-state index contributed by atoms with van der Waals surface area (Å²) in [5.74, 6) is -1.77. The number of ether oxygens (including phenoxy) is 1. The van der Waals surface area contributed by atoms with Crippen molar-refractivity contribution in [1.82, 2.24) is 9.80 Å². The predicted molar refractivity (Wildman–Crippen MR) is 139 cm³/mol. The molecule has 0 aromatic carbocycles. The Morgan fingerprint density at radius 3 is 2.69 bits per heavy atom. The molecular formula is C27H42N2O5S.